The summed E-state index contributed by atoms with van der Waals surface area (Å²) in [5, 5.41) is 0. The van der Waals surface area contributed by atoms with Crippen molar-refractivity contribution >= 4 is 0 Å². The van der Waals surface area contributed by atoms with Crippen LogP contribution in [0.25, 0.3) is 0 Å². The van der Waals surface area contributed by atoms with Crippen LogP contribution in [0.15, 0.2) is 18.2 Å². The molecular formula is C10H11F3O. The van der Waals surface area contributed by atoms with Crippen LogP contribution in [-0.4, -0.2) is 12.5 Å². The number of ether oxygens (including phenoxy) is 1. The highest BCUT2D eigenvalue weighted by atomic mass is 19.3. The van der Waals surface area contributed by atoms with Crippen LogP contribution < -0.4 is 4.74 Å². The number of alkyl halides is 2. The van der Waals surface area contributed by atoms with Crippen molar-refractivity contribution in [3.63, 3.8) is 0 Å². The van der Waals surface area contributed by atoms with E-state index in [0.29, 0.717) is 5.56 Å². The van der Waals surface area contributed by atoms with Crippen molar-refractivity contribution in [2.45, 2.75) is 19.8 Å². The van der Waals surface area contributed by atoms with Crippen LogP contribution in [0.2, 0.25) is 0 Å². The summed E-state index contributed by atoms with van der Waals surface area (Å²) >= 11 is 0. The summed E-state index contributed by atoms with van der Waals surface area (Å²) in [7, 11) is 0. The molecule has 0 unspecified atom stereocenters. The maximum Gasteiger partial charge on any atom is 0.278 e. The van der Waals surface area contributed by atoms with Gasteiger partial charge in [-0.25, -0.2) is 13.2 Å². The molecule has 0 aliphatic heterocycles. The van der Waals surface area contributed by atoms with Gasteiger partial charge in [-0.15, -0.1) is 0 Å². The Labute approximate surface area is 80.5 Å². The zero-order valence-corrected chi connectivity index (χ0v) is 7.98. The first-order valence-corrected chi connectivity index (χ1v) is 4.15. The Balaban J connectivity index is 2.65. The summed E-state index contributed by atoms with van der Waals surface area (Å²) < 4.78 is 42.4. The summed E-state index contributed by atoms with van der Waals surface area (Å²) in [6.07, 6.45) is 0. The molecule has 0 fully saturated rings. The van der Waals surface area contributed by atoms with Gasteiger partial charge in [0.15, 0.2) is 6.61 Å². The molecule has 0 N–H and O–H groups in total. The van der Waals surface area contributed by atoms with E-state index in [1.165, 1.54) is 12.1 Å². The molecule has 0 aliphatic rings. The normalized spacial score (nSPS) is 11.5. The van der Waals surface area contributed by atoms with Crippen molar-refractivity contribution in [1.82, 2.24) is 0 Å². The van der Waals surface area contributed by atoms with Gasteiger partial charge >= 0.3 is 0 Å². The molecule has 14 heavy (non-hydrogen) atoms. The van der Waals surface area contributed by atoms with Crippen molar-refractivity contribution in [1.29, 1.82) is 0 Å². The van der Waals surface area contributed by atoms with Gasteiger partial charge in [-0.1, -0.05) is 6.07 Å². The van der Waals surface area contributed by atoms with Gasteiger partial charge < -0.3 is 4.74 Å². The predicted molar refractivity (Wildman–Crippen MR) is 47.3 cm³/mol. The van der Waals surface area contributed by atoms with Gasteiger partial charge in [-0.05, 0) is 18.6 Å². The van der Waals surface area contributed by atoms with Crippen molar-refractivity contribution in [3.8, 4) is 5.75 Å². The standard InChI is InChI=1S/C10H11F3O/c1-7-3-4-8(5-9(7)11)14-6-10(2,12)13/h3-5H,6H2,1-2H3. The minimum Gasteiger partial charge on any atom is -0.487 e. The first kappa shape index (κ1) is 10.9. The summed E-state index contributed by atoms with van der Waals surface area (Å²) in [4.78, 5) is 0. The molecule has 0 aromatic heterocycles. The topological polar surface area (TPSA) is 9.23 Å². The van der Waals surface area contributed by atoms with Crippen molar-refractivity contribution in [2.75, 3.05) is 6.61 Å². The summed E-state index contributed by atoms with van der Waals surface area (Å²) in [5.74, 6) is -3.24. The van der Waals surface area contributed by atoms with Crippen LogP contribution in [0, 0.1) is 12.7 Å². The van der Waals surface area contributed by atoms with Crippen molar-refractivity contribution < 1.29 is 17.9 Å². The molecule has 0 aliphatic carbocycles. The molecule has 0 saturated carbocycles. The van der Waals surface area contributed by atoms with Crippen LogP contribution >= 0.6 is 0 Å². The number of aryl methyl sites for hydroxylation is 1. The van der Waals surface area contributed by atoms with Crippen LogP contribution in [0.5, 0.6) is 5.75 Å². The third kappa shape index (κ3) is 3.28. The van der Waals surface area contributed by atoms with Gasteiger partial charge in [0, 0.05) is 13.0 Å². The molecule has 0 amide bonds. The van der Waals surface area contributed by atoms with Crippen LogP contribution in [0.4, 0.5) is 13.2 Å². The van der Waals surface area contributed by atoms with E-state index in [4.69, 9.17) is 4.74 Å². The molecule has 0 spiro atoms. The van der Waals surface area contributed by atoms with E-state index >= 15 is 0 Å². The van der Waals surface area contributed by atoms with Gasteiger partial charge in [-0.2, -0.15) is 0 Å². The highest BCUT2D eigenvalue weighted by Crippen LogP contribution is 2.19. The fourth-order valence-electron chi connectivity index (χ4n) is 0.873. The molecule has 1 nitrogen and oxygen atoms in total. The number of rotatable bonds is 3. The molecule has 78 valence electrons. The Bertz CT molecular complexity index is 318. The Kier molecular flexibility index (Phi) is 3.03. The van der Waals surface area contributed by atoms with Crippen molar-refractivity contribution in [3.05, 3.63) is 29.6 Å². The Hall–Kier alpha value is -1.19. The van der Waals surface area contributed by atoms with Gasteiger partial charge in [-0.3, -0.25) is 0 Å². The quantitative estimate of drug-likeness (QED) is 0.734. The van der Waals surface area contributed by atoms with Gasteiger partial charge in [0.05, 0.1) is 0 Å². The third-order valence-electron chi connectivity index (χ3n) is 1.64. The zero-order chi connectivity index (χ0) is 10.8. The van der Waals surface area contributed by atoms with Gasteiger partial charge in [0.2, 0.25) is 0 Å². The van der Waals surface area contributed by atoms with Crippen LogP contribution in [0.3, 0.4) is 0 Å². The van der Waals surface area contributed by atoms with Gasteiger partial charge in [0.1, 0.15) is 11.6 Å². The number of halogens is 3. The second-order valence-corrected chi connectivity index (χ2v) is 3.27. The Morgan fingerprint density at radius 3 is 2.50 bits per heavy atom. The highest BCUT2D eigenvalue weighted by molar-refractivity contribution is 5.27. The largest absolute Gasteiger partial charge is 0.487 e. The first-order valence-electron chi connectivity index (χ1n) is 4.15. The summed E-state index contributed by atoms with van der Waals surface area (Å²) in [6, 6.07) is 4.05. The minimum atomic E-state index is -2.90. The Morgan fingerprint density at radius 1 is 1.36 bits per heavy atom. The molecule has 1 aromatic carbocycles. The van der Waals surface area contributed by atoms with Crippen LogP contribution in [0.1, 0.15) is 12.5 Å². The molecule has 0 atom stereocenters. The second kappa shape index (κ2) is 3.90. The molecule has 0 radical (unpaired) electrons. The molecule has 0 saturated heterocycles. The second-order valence-electron chi connectivity index (χ2n) is 3.27. The lowest BCUT2D eigenvalue weighted by molar-refractivity contribution is -0.0230. The molecule has 1 aromatic rings. The number of hydrogen-bond donors (Lipinski definition) is 0. The number of benzene rings is 1. The van der Waals surface area contributed by atoms with E-state index in [1.807, 2.05) is 0 Å². The average molecular weight is 204 g/mol. The molecular weight excluding hydrogens is 193 g/mol. The maximum atomic E-state index is 12.9. The predicted octanol–water partition coefficient (Wildman–Crippen LogP) is 3.17. The lowest BCUT2D eigenvalue weighted by Crippen LogP contribution is -2.20. The fourth-order valence-corrected chi connectivity index (χ4v) is 0.873. The smallest absolute Gasteiger partial charge is 0.278 e. The van der Waals surface area contributed by atoms with E-state index in [2.05, 4.69) is 0 Å². The van der Waals surface area contributed by atoms with E-state index in [0.717, 1.165) is 13.0 Å². The van der Waals surface area contributed by atoms with E-state index in [9.17, 15) is 13.2 Å². The van der Waals surface area contributed by atoms with Gasteiger partial charge in [0.25, 0.3) is 5.92 Å². The molecule has 1 rings (SSSR count). The molecule has 0 bridgehead atoms. The average Bonchev–Trinajstić information content (AvgIpc) is 2.06. The molecule has 0 heterocycles. The minimum absolute atomic E-state index is 0.120. The van der Waals surface area contributed by atoms with Crippen LogP contribution in [-0.2, 0) is 0 Å². The lowest BCUT2D eigenvalue weighted by atomic mass is 10.2. The third-order valence-corrected chi connectivity index (χ3v) is 1.64. The summed E-state index contributed by atoms with van der Waals surface area (Å²) in [6.45, 7) is 1.60. The first-order chi connectivity index (χ1) is 6.38. The zero-order valence-electron chi connectivity index (χ0n) is 7.98. The Morgan fingerprint density at radius 2 is 2.00 bits per heavy atom. The maximum absolute atomic E-state index is 12.9. The fraction of sp³-hybridized carbons (Fsp3) is 0.400. The number of hydrogen-bond acceptors (Lipinski definition) is 1. The lowest BCUT2D eigenvalue weighted by Gasteiger charge is -2.12. The van der Waals surface area contributed by atoms with E-state index in [1.54, 1.807) is 6.92 Å². The van der Waals surface area contributed by atoms with E-state index < -0.39 is 18.3 Å². The molecule has 4 heteroatoms. The summed E-state index contributed by atoms with van der Waals surface area (Å²) in [5.41, 5.74) is 0.459. The highest BCUT2D eigenvalue weighted by Gasteiger charge is 2.22. The SMILES string of the molecule is Cc1ccc(OCC(C)(F)F)cc1F. The van der Waals surface area contributed by atoms with Crippen molar-refractivity contribution in [2.24, 2.45) is 0 Å². The van der Waals surface area contributed by atoms with E-state index in [-0.39, 0.29) is 5.75 Å². The monoisotopic (exact) mass is 204 g/mol.